The normalized spacial score (nSPS) is 27.2. The van der Waals surface area contributed by atoms with Crippen molar-refractivity contribution in [3.05, 3.63) is 24.3 Å². The van der Waals surface area contributed by atoms with Crippen LogP contribution < -0.4 is 0 Å². The van der Waals surface area contributed by atoms with Gasteiger partial charge >= 0.3 is 5.97 Å². The number of aromatic nitrogens is 4. The maximum atomic E-state index is 11.5. The zero-order chi connectivity index (χ0) is 18.6. The molecule has 0 aliphatic heterocycles. The van der Waals surface area contributed by atoms with Crippen molar-refractivity contribution >= 4 is 28.0 Å². The first-order valence-electron chi connectivity index (χ1n) is 9.49. The molecule has 3 fully saturated rings. The number of carboxylic acid groups (broad SMARTS) is 1. The number of hydrogen-bond acceptors (Lipinski definition) is 4. The van der Waals surface area contributed by atoms with Crippen molar-refractivity contribution in [1.82, 2.24) is 19.5 Å². The Morgan fingerprint density at radius 3 is 2.70 bits per heavy atom. The molecule has 7 heteroatoms. The maximum absolute atomic E-state index is 11.5. The van der Waals surface area contributed by atoms with Gasteiger partial charge in [-0.1, -0.05) is 0 Å². The lowest BCUT2D eigenvalue weighted by molar-refractivity contribution is -0.136. The Kier molecular flexibility index (Phi) is 3.36. The number of carbonyl (C=O) groups is 1. The van der Waals surface area contributed by atoms with Crippen LogP contribution in [0.25, 0.3) is 22.1 Å². The molecule has 27 heavy (non-hydrogen) atoms. The van der Waals surface area contributed by atoms with Gasteiger partial charge in [0, 0.05) is 23.5 Å². The summed E-state index contributed by atoms with van der Waals surface area (Å²) in [6.07, 6.45) is 10.1. The van der Waals surface area contributed by atoms with Crippen LogP contribution in [0, 0.1) is 16.7 Å². The van der Waals surface area contributed by atoms with E-state index in [0.717, 1.165) is 60.6 Å². The zero-order valence-electron chi connectivity index (χ0n) is 15.0. The fourth-order valence-electron chi connectivity index (χ4n) is 5.39. The molecule has 3 saturated carbocycles. The molecule has 3 aromatic heterocycles. The van der Waals surface area contributed by atoms with Crippen molar-refractivity contribution in [2.75, 3.05) is 0 Å². The second-order valence-electron chi connectivity index (χ2n) is 8.23. The van der Waals surface area contributed by atoms with Crippen LogP contribution in [-0.2, 0) is 16.8 Å². The Morgan fingerprint density at radius 2 is 2.04 bits per heavy atom. The minimum Gasteiger partial charge on any atom is -0.481 e. The van der Waals surface area contributed by atoms with Gasteiger partial charge in [-0.25, -0.2) is 9.97 Å². The van der Waals surface area contributed by atoms with E-state index in [9.17, 15) is 15.2 Å². The Morgan fingerprint density at radius 1 is 1.30 bits per heavy atom. The highest BCUT2D eigenvalue weighted by Gasteiger charge is 2.50. The molecular formula is C20H21N5O2. The van der Waals surface area contributed by atoms with E-state index in [1.165, 1.54) is 0 Å². The van der Waals surface area contributed by atoms with Crippen molar-refractivity contribution in [2.24, 2.45) is 5.41 Å². The number of imidazole rings is 1. The average Bonchev–Trinajstić information content (AvgIpc) is 3.26. The summed E-state index contributed by atoms with van der Waals surface area (Å²) >= 11 is 0. The van der Waals surface area contributed by atoms with Gasteiger partial charge in [0.05, 0.1) is 17.8 Å². The molecule has 3 heterocycles. The molecule has 2 bridgehead atoms. The molecule has 138 valence electrons. The van der Waals surface area contributed by atoms with E-state index in [4.69, 9.17) is 0 Å². The zero-order valence-corrected chi connectivity index (χ0v) is 15.0. The first-order chi connectivity index (χ1) is 13.1. The number of nitriles is 1. The number of pyridine rings is 1. The number of hydrogen-bond donors (Lipinski definition) is 2. The lowest BCUT2D eigenvalue weighted by Gasteiger charge is -2.54. The van der Waals surface area contributed by atoms with Gasteiger partial charge in [-0.15, -0.1) is 0 Å². The van der Waals surface area contributed by atoms with E-state index < -0.39 is 5.97 Å². The average molecular weight is 363 g/mol. The molecule has 3 aromatic rings. The van der Waals surface area contributed by atoms with E-state index in [-0.39, 0.29) is 17.4 Å². The molecule has 0 amide bonds. The minimum atomic E-state index is -0.869. The smallest absolute Gasteiger partial charge is 0.311 e. The molecule has 3 aliphatic carbocycles. The van der Waals surface area contributed by atoms with Crippen LogP contribution in [0.2, 0.25) is 0 Å². The summed E-state index contributed by atoms with van der Waals surface area (Å²) in [5.74, 6) is -0.255. The van der Waals surface area contributed by atoms with Crippen molar-refractivity contribution in [3.63, 3.8) is 0 Å². The number of fused-ring (bicyclic) bond motifs is 6. The third-order valence-electron chi connectivity index (χ3n) is 6.87. The first-order valence-corrected chi connectivity index (χ1v) is 9.49. The summed E-state index contributed by atoms with van der Waals surface area (Å²) in [5.41, 5.74) is 2.60. The molecule has 0 radical (unpaired) electrons. The number of rotatable bonds is 4. The van der Waals surface area contributed by atoms with Crippen molar-refractivity contribution in [1.29, 1.82) is 5.26 Å². The van der Waals surface area contributed by atoms with Crippen LogP contribution in [0.4, 0.5) is 0 Å². The summed E-state index contributed by atoms with van der Waals surface area (Å²) in [6.45, 7) is 0. The molecule has 7 nitrogen and oxygen atoms in total. The molecule has 6 rings (SSSR count). The van der Waals surface area contributed by atoms with Crippen molar-refractivity contribution in [3.8, 4) is 6.07 Å². The molecule has 0 saturated heterocycles. The number of aliphatic carboxylic acids is 1. The second-order valence-corrected chi connectivity index (χ2v) is 8.23. The number of carboxylic acids is 1. The monoisotopic (exact) mass is 363 g/mol. The fourth-order valence-corrected chi connectivity index (χ4v) is 5.39. The van der Waals surface area contributed by atoms with E-state index >= 15 is 0 Å². The SMILES string of the molecule is N#CCC12CCC(n3c(CC(=O)O)nc4cnc5[nH]ccc5c43)(CC1)CC2. The van der Waals surface area contributed by atoms with Crippen LogP contribution in [-0.4, -0.2) is 30.6 Å². The van der Waals surface area contributed by atoms with E-state index in [1.807, 2.05) is 12.3 Å². The van der Waals surface area contributed by atoms with Crippen LogP contribution in [0.5, 0.6) is 0 Å². The number of nitrogens with zero attached hydrogens (tertiary/aromatic N) is 4. The van der Waals surface area contributed by atoms with E-state index in [2.05, 4.69) is 25.6 Å². The summed E-state index contributed by atoms with van der Waals surface area (Å²) in [6, 6.07) is 4.38. The maximum Gasteiger partial charge on any atom is 0.311 e. The van der Waals surface area contributed by atoms with Crippen LogP contribution in [0.1, 0.15) is 50.8 Å². The van der Waals surface area contributed by atoms with Gasteiger partial charge in [-0.05, 0) is 50.0 Å². The Labute approximate surface area is 156 Å². The number of nitrogens with one attached hydrogen (secondary N) is 1. The molecular weight excluding hydrogens is 342 g/mol. The molecule has 0 aromatic carbocycles. The van der Waals surface area contributed by atoms with Crippen LogP contribution in [0.3, 0.4) is 0 Å². The third kappa shape index (κ3) is 2.29. The third-order valence-corrected chi connectivity index (χ3v) is 6.87. The summed E-state index contributed by atoms with van der Waals surface area (Å²) in [4.78, 5) is 23.8. The Balaban J connectivity index is 1.71. The molecule has 3 aliphatic rings. The van der Waals surface area contributed by atoms with Crippen LogP contribution in [0.15, 0.2) is 18.5 Å². The highest BCUT2D eigenvalue weighted by Crippen LogP contribution is 2.58. The Hall–Kier alpha value is -2.88. The molecule has 0 unspecified atom stereocenters. The van der Waals surface area contributed by atoms with E-state index in [1.54, 1.807) is 6.20 Å². The molecule has 2 N–H and O–H groups in total. The molecule has 0 atom stereocenters. The van der Waals surface area contributed by atoms with Gasteiger partial charge in [0.25, 0.3) is 0 Å². The quantitative estimate of drug-likeness (QED) is 0.737. The van der Waals surface area contributed by atoms with Gasteiger partial charge in [0.15, 0.2) is 0 Å². The second kappa shape index (κ2) is 5.56. The lowest BCUT2D eigenvalue weighted by Crippen LogP contribution is -2.48. The minimum absolute atomic E-state index is 0.0916. The largest absolute Gasteiger partial charge is 0.481 e. The van der Waals surface area contributed by atoms with Gasteiger partial charge in [0.1, 0.15) is 23.4 Å². The Bertz CT molecular complexity index is 1080. The standard InChI is InChI=1S/C20H21N5O2/c21-9-8-19-2-5-20(6-3-19,7-4-19)25-15(11-16(26)27)24-14-12-23-18-13(17(14)25)1-10-22-18/h1,10,12H,2-8,11H2,(H,22,23)(H,26,27). The van der Waals surface area contributed by atoms with Gasteiger partial charge in [-0.3, -0.25) is 4.79 Å². The van der Waals surface area contributed by atoms with Gasteiger partial charge in [0.2, 0.25) is 0 Å². The van der Waals surface area contributed by atoms with Crippen molar-refractivity contribution in [2.45, 2.75) is 56.9 Å². The number of aromatic amines is 1. The first kappa shape index (κ1) is 16.3. The highest BCUT2D eigenvalue weighted by atomic mass is 16.4. The number of H-pyrrole nitrogens is 1. The summed E-state index contributed by atoms with van der Waals surface area (Å²) < 4.78 is 2.23. The predicted octanol–water partition coefficient (Wildman–Crippen LogP) is 3.50. The van der Waals surface area contributed by atoms with Gasteiger partial charge < -0.3 is 14.7 Å². The molecule has 0 spiro atoms. The highest BCUT2D eigenvalue weighted by molar-refractivity contribution is 6.01. The van der Waals surface area contributed by atoms with Crippen LogP contribution >= 0.6 is 0 Å². The van der Waals surface area contributed by atoms with Gasteiger partial charge in [-0.2, -0.15) is 5.26 Å². The lowest BCUT2D eigenvalue weighted by atomic mass is 9.56. The van der Waals surface area contributed by atoms with Crippen molar-refractivity contribution < 1.29 is 9.90 Å². The summed E-state index contributed by atoms with van der Waals surface area (Å²) in [7, 11) is 0. The van der Waals surface area contributed by atoms with E-state index in [0.29, 0.717) is 12.2 Å². The predicted molar refractivity (Wildman–Crippen MR) is 99.1 cm³/mol. The topological polar surface area (TPSA) is 108 Å². The summed E-state index contributed by atoms with van der Waals surface area (Å²) in [5, 5.41) is 19.7. The fraction of sp³-hybridized carbons (Fsp3) is 0.500.